The molecule has 2 aromatic rings. The predicted molar refractivity (Wildman–Crippen MR) is 70.3 cm³/mol. The Morgan fingerprint density at radius 2 is 1.83 bits per heavy atom. The predicted octanol–water partition coefficient (Wildman–Crippen LogP) is 2.31. The lowest BCUT2D eigenvalue weighted by molar-refractivity contribution is 0.242. The van der Waals surface area contributed by atoms with Gasteiger partial charge in [-0.05, 0) is 37.6 Å². The van der Waals surface area contributed by atoms with Gasteiger partial charge in [-0.15, -0.1) is 0 Å². The molecular formula is C14H17N3O. The molecule has 0 spiro atoms. The standard InChI is InChI=1S/C14H17N3O/c1-10(2)18-12-5-3-11(4-6-12)14(15)13-7-8-16-9-17-13/h3-10,14H,15H2,1-2H3. The summed E-state index contributed by atoms with van der Waals surface area (Å²) in [5.74, 6) is 0.851. The van der Waals surface area contributed by atoms with Gasteiger partial charge < -0.3 is 10.5 Å². The summed E-state index contributed by atoms with van der Waals surface area (Å²) in [5, 5.41) is 0. The summed E-state index contributed by atoms with van der Waals surface area (Å²) in [6, 6.07) is 9.37. The van der Waals surface area contributed by atoms with Gasteiger partial charge in [0.05, 0.1) is 17.8 Å². The zero-order chi connectivity index (χ0) is 13.0. The Labute approximate surface area is 107 Å². The van der Waals surface area contributed by atoms with Gasteiger partial charge in [-0.2, -0.15) is 0 Å². The van der Waals surface area contributed by atoms with Gasteiger partial charge in [0.15, 0.2) is 0 Å². The van der Waals surface area contributed by atoms with E-state index >= 15 is 0 Å². The molecule has 18 heavy (non-hydrogen) atoms. The molecular weight excluding hydrogens is 226 g/mol. The van der Waals surface area contributed by atoms with Crippen LogP contribution in [0.1, 0.15) is 31.1 Å². The maximum Gasteiger partial charge on any atom is 0.119 e. The summed E-state index contributed by atoms with van der Waals surface area (Å²) in [7, 11) is 0. The molecule has 1 unspecified atom stereocenters. The monoisotopic (exact) mass is 243 g/mol. The Morgan fingerprint density at radius 1 is 1.11 bits per heavy atom. The first kappa shape index (κ1) is 12.5. The number of nitrogens with two attached hydrogens (primary N) is 1. The van der Waals surface area contributed by atoms with E-state index in [1.807, 2.05) is 44.2 Å². The highest BCUT2D eigenvalue weighted by molar-refractivity contribution is 5.32. The number of nitrogens with zero attached hydrogens (tertiary/aromatic N) is 2. The van der Waals surface area contributed by atoms with Crippen molar-refractivity contribution in [2.45, 2.75) is 26.0 Å². The van der Waals surface area contributed by atoms with Crippen molar-refractivity contribution >= 4 is 0 Å². The lowest BCUT2D eigenvalue weighted by atomic mass is 10.0. The van der Waals surface area contributed by atoms with Gasteiger partial charge in [0.2, 0.25) is 0 Å². The second kappa shape index (κ2) is 5.60. The highest BCUT2D eigenvalue weighted by Gasteiger charge is 2.10. The molecule has 1 aromatic heterocycles. The van der Waals surface area contributed by atoms with Crippen LogP contribution < -0.4 is 10.5 Å². The highest BCUT2D eigenvalue weighted by Crippen LogP contribution is 2.20. The third kappa shape index (κ3) is 3.05. The van der Waals surface area contributed by atoms with Crippen LogP contribution in [0.2, 0.25) is 0 Å². The van der Waals surface area contributed by atoms with Gasteiger partial charge in [-0.3, -0.25) is 0 Å². The topological polar surface area (TPSA) is 61.0 Å². The Hall–Kier alpha value is -1.94. The molecule has 94 valence electrons. The third-order valence-corrected chi connectivity index (χ3v) is 2.53. The van der Waals surface area contributed by atoms with Crippen molar-refractivity contribution in [2.75, 3.05) is 0 Å². The maximum atomic E-state index is 6.14. The summed E-state index contributed by atoms with van der Waals surface area (Å²) in [5.41, 5.74) is 7.95. The van der Waals surface area contributed by atoms with Crippen LogP contribution in [0.3, 0.4) is 0 Å². The molecule has 1 aromatic carbocycles. The molecule has 0 aliphatic heterocycles. The SMILES string of the molecule is CC(C)Oc1ccc(C(N)c2ccncn2)cc1. The average molecular weight is 243 g/mol. The molecule has 2 N–H and O–H groups in total. The Balaban J connectivity index is 2.14. The number of rotatable bonds is 4. The van der Waals surface area contributed by atoms with Crippen LogP contribution >= 0.6 is 0 Å². The molecule has 0 bridgehead atoms. The molecule has 0 radical (unpaired) electrons. The third-order valence-electron chi connectivity index (χ3n) is 2.53. The van der Waals surface area contributed by atoms with E-state index < -0.39 is 0 Å². The second-order valence-corrected chi connectivity index (χ2v) is 4.35. The minimum Gasteiger partial charge on any atom is -0.491 e. The van der Waals surface area contributed by atoms with Crippen LogP contribution in [0, 0.1) is 0 Å². The van der Waals surface area contributed by atoms with Crippen LogP contribution in [0.4, 0.5) is 0 Å². The summed E-state index contributed by atoms with van der Waals surface area (Å²) in [4.78, 5) is 8.04. The first-order chi connectivity index (χ1) is 8.66. The lowest BCUT2D eigenvalue weighted by Gasteiger charge is -2.13. The van der Waals surface area contributed by atoms with Gasteiger partial charge in [-0.1, -0.05) is 12.1 Å². The quantitative estimate of drug-likeness (QED) is 0.895. The minimum absolute atomic E-state index is 0.173. The van der Waals surface area contributed by atoms with Crippen LogP contribution in [0.5, 0.6) is 5.75 Å². The summed E-state index contributed by atoms with van der Waals surface area (Å²) < 4.78 is 5.59. The van der Waals surface area contributed by atoms with E-state index in [1.54, 1.807) is 6.20 Å². The molecule has 2 rings (SSSR count). The van der Waals surface area contributed by atoms with Crippen molar-refractivity contribution in [3.63, 3.8) is 0 Å². The van der Waals surface area contributed by atoms with Gasteiger partial charge in [0.25, 0.3) is 0 Å². The normalized spacial score (nSPS) is 12.4. The van der Waals surface area contributed by atoms with Gasteiger partial charge in [0, 0.05) is 6.20 Å². The Kier molecular flexibility index (Phi) is 3.89. The van der Waals surface area contributed by atoms with E-state index in [1.165, 1.54) is 6.33 Å². The molecule has 4 heteroatoms. The second-order valence-electron chi connectivity index (χ2n) is 4.35. The van der Waals surface area contributed by atoms with E-state index in [0.29, 0.717) is 0 Å². The fraction of sp³-hybridized carbons (Fsp3) is 0.286. The molecule has 0 amide bonds. The molecule has 0 fully saturated rings. The van der Waals surface area contributed by atoms with E-state index in [-0.39, 0.29) is 12.1 Å². The van der Waals surface area contributed by atoms with Crippen molar-refractivity contribution < 1.29 is 4.74 Å². The molecule has 0 aliphatic carbocycles. The number of aromatic nitrogens is 2. The Bertz CT molecular complexity index is 482. The first-order valence-corrected chi connectivity index (χ1v) is 5.95. The number of hydrogen-bond donors (Lipinski definition) is 1. The van der Waals surface area contributed by atoms with Crippen molar-refractivity contribution in [3.05, 3.63) is 54.1 Å². The summed E-state index contributed by atoms with van der Waals surface area (Å²) in [6.45, 7) is 4.00. The van der Waals surface area contributed by atoms with Crippen molar-refractivity contribution in [1.82, 2.24) is 9.97 Å². The average Bonchev–Trinajstić information content (AvgIpc) is 2.39. The molecule has 0 saturated heterocycles. The summed E-state index contributed by atoms with van der Waals surface area (Å²) >= 11 is 0. The lowest BCUT2D eigenvalue weighted by Crippen LogP contribution is -2.13. The van der Waals surface area contributed by atoms with E-state index in [2.05, 4.69) is 9.97 Å². The van der Waals surface area contributed by atoms with Crippen LogP contribution in [0.15, 0.2) is 42.9 Å². The molecule has 1 heterocycles. The van der Waals surface area contributed by atoms with E-state index in [0.717, 1.165) is 17.0 Å². The van der Waals surface area contributed by atoms with E-state index in [9.17, 15) is 0 Å². The molecule has 0 saturated carbocycles. The van der Waals surface area contributed by atoms with Crippen molar-refractivity contribution in [2.24, 2.45) is 5.73 Å². The van der Waals surface area contributed by atoms with Gasteiger partial charge in [-0.25, -0.2) is 9.97 Å². The smallest absolute Gasteiger partial charge is 0.119 e. The minimum atomic E-state index is -0.235. The molecule has 4 nitrogen and oxygen atoms in total. The summed E-state index contributed by atoms with van der Waals surface area (Å²) in [6.07, 6.45) is 3.37. The fourth-order valence-electron chi connectivity index (χ4n) is 1.68. The van der Waals surface area contributed by atoms with Crippen molar-refractivity contribution in [1.29, 1.82) is 0 Å². The number of benzene rings is 1. The van der Waals surface area contributed by atoms with Gasteiger partial charge in [0.1, 0.15) is 12.1 Å². The van der Waals surface area contributed by atoms with Crippen molar-refractivity contribution in [3.8, 4) is 5.75 Å². The van der Waals surface area contributed by atoms with E-state index in [4.69, 9.17) is 10.5 Å². The number of ether oxygens (including phenoxy) is 1. The van der Waals surface area contributed by atoms with Crippen LogP contribution in [-0.2, 0) is 0 Å². The Morgan fingerprint density at radius 3 is 2.39 bits per heavy atom. The molecule has 0 aliphatic rings. The maximum absolute atomic E-state index is 6.14. The zero-order valence-electron chi connectivity index (χ0n) is 10.6. The first-order valence-electron chi connectivity index (χ1n) is 5.95. The zero-order valence-corrected chi connectivity index (χ0v) is 10.6. The van der Waals surface area contributed by atoms with Crippen LogP contribution in [-0.4, -0.2) is 16.1 Å². The fourth-order valence-corrected chi connectivity index (χ4v) is 1.68. The largest absolute Gasteiger partial charge is 0.491 e. The van der Waals surface area contributed by atoms with Gasteiger partial charge >= 0.3 is 0 Å². The number of hydrogen-bond acceptors (Lipinski definition) is 4. The highest BCUT2D eigenvalue weighted by atomic mass is 16.5. The van der Waals surface area contributed by atoms with Crippen LogP contribution in [0.25, 0.3) is 0 Å². The molecule has 1 atom stereocenters.